The molecule has 2 N–H and O–H groups in total. The van der Waals surface area contributed by atoms with Crippen LogP contribution in [0.25, 0.3) is 0 Å². The molecule has 1 aliphatic heterocycles. The Kier molecular flexibility index (Phi) is 8.24. The maximum atomic E-state index is 12.5. The third-order valence-electron chi connectivity index (χ3n) is 5.94. The molecule has 0 amide bonds. The lowest BCUT2D eigenvalue weighted by molar-refractivity contribution is -0.148. The van der Waals surface area contributed by atoms with Crippen molar-refractivity contribution >= 4 is 5.96 Å². The first-order valence-corrected chi connectivity index (χ1v) is 10.9. The Morgan fingerprint density at radius 3 is 2.50 bits per heavy atom. The highest BCUT2D eigenvalue weighted by Gasteiger charge is 2.32. The average molecular weight is 427 g/mol. The SMILES string of the molecule is CN=C(NCCC1CCN(CC(F)(F)F)CC1)NCc1ccccc1OC1CCC1. The Bertz CT molecular complexity index is 683. The topological polar surface area (TPSA) is 48.9 Å². The second kappa shape index (κ2) is 10.9. The van der Waals surface area contributed by atoms with Crippen molar-refractivity contribution in [3.8, 4) is 5.75 Å². The van der Waals surface area contributed by atoms with Crippen molar-refractivity contribution in [2.75, 3.05) is 33.2 Å². The molecule has 5 nitrogen and oxygen atoms in total. The molecule has 0 bridgehead atoms. The van der Waals surface area contributed by atoms with E-state index in [1.165, 1.54) is 11.3 Å². The van der Waals surface area contributed by atoms with Gasteiger partial charge in [-0.2, -0.15) is 13.2 Å². The van der Waals surface area contributed by atoms with Crippen LogP contribution in [0.2, 0.25) is 0 Å². The smallest absolute Gasteiger partial charge is 0.401 e. The molecule has 1 heterocycles. The molecule has 30 heavy (non-hydrogen) atoms. The summed E-state index contributed by atoms with van der Waals surface area (Å²) in [5.41, 5.74) is 1.10. The number of nitrogens with zero attached hydrogens (tertiary/aromatic N) is 2. The Morgan fingerprint density at radius 1 is 1.13 bits per heavy atom. The number of halogens is 3. The van der Waals surface area contributed by atoms with Gasteiger partial charge in [-0.3, -0.25) is 9.89 Å². The van der Waals surface area contributed by atoms with Crippen LogP contribution in [-0.4, -0.2) is 56.4 Å². The van der Waals surface area contributed by atoms with E-state index in [1.807, 2.05) is 18.2 Å². The van der Waals surface area contributed by atoms with Crippen molar-refractivity contribution in [1.29, 1.82) is 0 Å². The minimum absolute atomic E-state index is 0.339. The van der Waals surface area contributed by atoms with E-state index in [1.54, 1.807) is 7.05 Å². The van der Waals surface area contributed by atoms with E-state index in [0.29, 0.717) is 31.7 Å². The van der Waals surface area contributed by atoms with E-state index in [9.17, 15) is 13.2 Å². The number of likely N-dealkylation sites (tertiary alicyclic amines) is 1. The normalized spacial score (nSPS) is 19.4. The van der Waals surface area contributed by atoms with Crippen LogP contribution in [0.5, 0.6) is 5.75 Å². The van der Waals surface area contributed by atoms with Crippen molar-refractivity contribution in [2.45, 2.75) is 57.3 Å². The molecule has 0 atom stereocenters. The Labute approximate surface area is 177 Å². The number of aliphatic imine (C=N–C) groups is 1. The van der Waals surface area contributed by atoms with Crippen molar-refractivity contribution < 1.29 is 17.9 Å². The van der Waals surface area contributed by atoms with Gasteiger partial charge in [-0.1, -0.05) is 18.2 Å². The van der Waals surface area contributed by atoms with Gasteiger partial charge >= 0.3 is 6.18 Å². The van der Waals surface area contributed by atoms with E-state index >= 15 is 0 Å². The summed E-state index contributed by atoms with van der Waals surface area (Å²) in [5.74, 6) is 2.11. The molecule has 0 radical (unpaired) electrons. The minimum atomic E-state index is -4.10. The molecule has 1 saturated heterocycles. The molecule has 0 unspecified atom stereocenters. The molecule has 1 aromatic rings. The number of guanidine groups is 1. The van der Waals surface area contributed by atoms with Crippen LogP contribution in [-0.2, 0) is 6.54 Å². The number of hydrogen-bond donors (Lipinski definition) is 2. The number of benzene rings is 1. The fraction of sp³-hybridized carbons (Fsp3) is 0.682. The van der Waals surface area contributed by atoms with E-state index < -0.39 is 12.7 Å². The summed E-state index contributed by atoms with van der Waals surface area (Å²) in [7, 11) is 1.74. The highest BCUT2D eigenvalue weighted by molar-refractivity contribution is 5.79. The quantitative estimate of drug-likeness (QED) is 0.488. The summed E-state index contributed by atoms with van der Waals surface area (Å²) in [6.45, 7) is 1.63. The lowest BCUT2D eigenvalue weighted by Gasteiger charge is -2.32. The highest BCUT2D eigenvalue weighted by Crippen LogP contribution is 2.27. The zero-order valence-corrected chi connectivity index (χ0v) is 17.7. The van der Waals surface area contributed by atoms with Gasteiger partial charge in [-0.25, -0.2) is 0 Å². The van der Waals surface area contributed by atoms with Crippen molar-refractivity contribution in [3.05, 3.63) is 29.8 Å². The third-order valence-corrected chi connectivity index (χ3v) is 5.94. The molecule has 1 aliphatic carbocycles. The van der Waals surface area contributed by atoms with Gasteiger partial charge in [0, 0.05) is 25.7 Å². The molecule has 0 aromatic heterocycles. The van der Waals surface area contributed by atoms with Crippen LogP contribution in [0.1, 0.15) is 44.1 Å². The Morgan fingerprint density at radius 2 is 1.87 bits per heavy atom. The lowest BCUT2D eigenvalue weighted by atomic mass is 9.93. The highest BCUT2D eigenvalue weighted by atomic mass is 19.4. The zero-order valence-electron chi connectivity index (χ0n) is 17.7. The van der Waals surface area contributed by atoms with Gasteiger partial charge < -0.3 is 15.4 Å². The van der Waals surface area contributed by atoms with E-state index in [4.69, 9.17) is 4.74 Å². The van der Waals surface area contributed by atoms with Crippen LogP contribution < -0.4 is 15.4 Å². The number of hydrogen-bond acceptors (Lipinski definition) is 3. The molecular weight excluding hydrogens is 393 g/mol. The molecule has 168 valence electrons. The second-order valence-corrected chi connectivity index (χ2v) is 8.25. The molecule has 3 rings (SSSR count). The van der Waals surface area contributed by atoms with Gasteiger partial charge in [0.15, 0.2) is 5.96 Å². The third kappa shape index (κ3) is 7.38. The lowest BCUT2D eigenvalue weighted by Crippen LogP contribution is -2.41. The average Bonchev–Trinajstić information content (AvgIpc) is 2.68. The summed E-state index contributed by atoms with van der Waals surface area (Å²) < 4.78 is 43.5. The van der Waals surface area contributed by atoms with Gasteiger partial charge in [-0.05, 0) is 63.6 Å². The fourth-order valence-electron chi connectivity index (χ4n) is 3.91. The van der Waals surface area contributed by atoms with Crippen LogP contribution in [0.15, 0.2) is 29.3 Å². The Balaban J connectivity index is 1.36. The monoisotopic (exact) mass is 426 g/mol. The molecule has 2 fully saturated rings. The zero-order chi connectivity index (χ0) is 21.4. The van der Waals surface area contributed by atoms with E-state index in [-0.39, 0.29) is 0 Å². The van der Waals surface area contributed by atoms with E-state index in [2.05, 4.69) is 21.7 Å². The van der Waals surface area contributed by atoms with Crippen LogP contribution in [0, 0.1) is 5.92 Å². The first-order valence-electron chi connectivity index (χ1n) is 10.9. The molecule has 8 heteroatoms. The fourth-order valence-corrected chi connectivity index (χ4v) is 3.91. The van der Waals surface area contributed by atoms with E-state index in [0.717, 1.165) is 55.9 Å². The summed E-state index contributed by atoms with van der Waals surface area (Å²) in [6.07, 6.45) is 2.29. The number of ether oxygens (including phenoxy) is 1. The molecule has 1 aromatic carbocycles. The number of para-hydroxylation sites is 1. The molecular formula is C22H33F3N4O. The van der Waals surface area contributed by atoms with Gasteiger partial charge in [0.05, 0.1) is 12.6 Å². The van der Waals surface area contributed by atoms with Crippen LogP contribution in [0.3, 0.4) is 0 Å². The standard InChI is InChI=1S/C22H33F3N4O/c1-26-21(27-12-9-17-10-13-29(14-11-17)16-22(23,24)25)28-15-18-5-2-3-8-20(18)30-19-6-4-7-19/h2-3,5,8,17,19H,4,6-7,9-16H2,1H3,(H2,26,27,28). The van der Waals surface area contributed by atoms with Crippen molar-refractivity contribution in [3.63, 3.8) is 0 Å². The maximum Gasteiger partial charge on any atom is 0.401 e. The number of alkyl halides is 3. The van der Waals surface area contributed by atoms with Gasteiger partial charge in [-0.15, -0.1) is 0 Å². The summed E-state index contributed by atoms with van der Waals surface area (Å²) in [6, 6.07) is 8.07. The van der Waals surface area contributed by atoms with Gasteiger partial charge in [0.25, 0.3) is 0 Å². The first-order chi connectivity index (χ1) is 14.4. The van der Waals surface area contributed by atoms with Crippen molar-refractivity contribution in [1.82, 2.24) is 15.5 Å². The summed E-state index contributed by atoms with van der Waals surface area (Å²) in [5, 5.41) is 6.66. The summed E-state index contributed by atoms with van der Waals surface area (Å²) >= 11 is 0. The predicted molar refractivity (Wildman–Crippen MR) is 113 cm³/mol. The molecule has 1 saturated carbocycles. The largest absolute Gasteiger partial charge is 0.490 e. The first kappa shape index (κ1) is 22.7. The van der Waals surface area contributed by atoms with Gasteiger partial charge in [0.2, 0.25) is 0 Å². The minimum Gasteiger partial charge on any atom is -0.490 e. The maximum absolute atomic E-state index is 12.5. The van der Waals surface area contributed by atoms with Crippen LogP contribution >= 0.6 is 0 Å². The van der Waals surface area contributed by atoms with Crippen LogP contribution in [0.4, 0.5) is 13.2 Å². The number of nitrogens with one attached hydrogen (secondary N) is 2. The second-order valence-electron chi connectivity index (χ2n) is 8.25. The molecule has 2 aliphatic rings. The summed E-state index contributed by atoms with van der Waals surface area (Å²) in [4.78, 5) is 5.78. The predicted octanol–water partition coefficient (Wildman–Crippen LogP) is 3.95. The van der Waals surface area contributed by atoms with Gasteiger partial charge in [0.1, 0.15) is 5.75 Å². The Hall–Kier alpha value is -1.96. The van der Waals surface area contributed by atoms with Crippen molar-refractivity contribution in [2.24, 2.45) is 10.9 Å². The number of piperidine rings is 1. The molecule has 0 spiro atoms. The number of rotatable bonds is 8.